The molecule has 0 aliphatic heterocycles. The van der Waals surface area contributed by atoms with Crippen LogP contribution in [0, 0.1) is 36.8 Å². The molecule has 4 nitrogen and oxygen atoms in total. The van der Waals surface area contributed by atoms with Crippen molar-refractivity contribution in [3.8, 4) is 6.07 Å². The standard InChI is InChI=1S/C18H14F2N4S/c1-11-12(2)25-18(23-11)24(15-5-3-13(8-21)4-6-15)10-17-16(20)7-14(19)9-22-17/h3-7,9H,10H2,1-2H3. The smallest absolute Gasteiger partial charge is 0.190 e. The van der Waals surface area contributed by atoms with Crippen molar-refractivity contribution in [3.05, 3.63) is 70.0 Å². The van der Waals surface area contributed by atoms with Crippen LogP contribution in [0.1, 0.15) is 21.8 Å². The molecule has 0 saturated heterocycles. The average molecular weight is 356 g/mol. The number of benzene rings is 1. The molecule has 0 fully saturated rings. The summed E-state index contributed by atoms with van der Waals surface area (Å²) < 4.78 is 27.2. The highest BCUT2D eigenvalue weighted by Gasteiger charge is 2.18. The molecule has 0 saturated carbocycles. The Morgan fingerprint density at radius 2 is 1.92 bits per heavy atom. The number of nitriles is 1. The molecule has 0 unspecified atom stereocenters. The molecule has 0 N–H and O–H groups in total. The molecule has 0 radical (unpaired) electrons. The van der Waals surface area contributed by atoms with Crippen molar-refractivity contribution in [1.82, 2.24) is 9.97 Å². The summed E-state index contributed by atoms with van der Waals surface area (Å²) >= 11 is 1.48. The van der Waals surface area contributed by atoms with Gasteiger partial charge in [0.25, 0.3) is 0 Å². The predicted molar refractivity (Wildman–Crippen MR) is 92.7 cm³/mol. The summed E-state index contributed by atoms with van der Waals surface area (Å²) in [5, 5.41) is 9.64. The van der Waals surface area contributed by atoms with Crippen molar-refractivity contribution in [2.45, 2.75) is 20.4 Å². The first-order valence-electron chi connectivity index (χ1n) is 7.49. The van der Waals surface area contributed by atoms with Gasteiger partial charge in [-0.25, -0.2) is 13.8 Å². The third kappa shape index (κ3) is 3.64. The van der Waals surface area contributed by atoms with Gasteiger partial charge >= 0.3 is 0 Å². The number of halogens is 2. The van der Waals surface area contributed by atoms with E-state index in [0.29, 0.717) is 10.7 Å². The first-order valence-corrected chi connectivity index (χ1v) is 8.31. The monoisotopic (exact) mass is 356 g/mol. The van der Waals surface area contributed by atoms with E-state index in [1.54, 1.807) is 29.2 Å². The van der Waals surface area contributed by atoms with E-state index in [0.717, 1.165) is 28.5 Å². The normalized spacial score (nSPS) is 10.5. The Bertz CT molecular complexity index is 925. The first kappa shape index (κ1) is 17.0. The maximum atomic E-state index is 14.1. The molecule has 1 aromatic carbocycles. The van der Waals surface area contributed by atoms with Crippen LogP contribution in [-0.4, -0.2) is 9.97 Å². The molecule has 2 heterocycles. The Morgan fingerprint density at radius 1 is 1.20 bits per heavy atom. The Balaban J connectivity index is 2.03. The van der Waals surface area contributed by atoms with Crippen LogP contribution in [-0.2, 0) is 6.54 Å². The zero-order valence-corrected chi connectivity index (χ0v) is 14.4. The second-order valence-electron chi connectivity index (χ2n) is 5.46. The highest BCUT2D eigenvalue weighted by molar-refractivity contribution is 7.15. The van der Waals surface area contributed by atoms with Crippen molar-refractivity contribution in [2.24, 2.45) is 0 Å². The van der Waals surface area contributed by atoms with E-state index in [1.807, 2.05) is 13.8 Å². The van der Waals surface area contributed by atoms with Crippen LogP contribution in [0.4, 0.5) is 19.6 Å². The Morgan fingerprint density at radius 3 is 2.48 bits per heavy atom. The minimum Gasteiger partial charge on any atom is -0.312 e. The number of pyridine rings is 1. The van der Waals surface area contributed by atoms with E-state index < -0.39 is 11.6 Å². The zero-order valence-electron chi connectivity index (χ0n) is 13.6. The van der Waals surface area contributed by atoms with E-state index in [9.17, 15) is 8.78 Å². The van der Waals surface area contributed by atoms with Gasteiger partial charge in [-0.05, 0) is 38.1 Å². The van der Waals surface area contributed by atoms with Gasteiger partial charge in [0.1, 0.15) is 11.6 Å². The number of anilines is 2. The molecule has 0 aliphatic carbocycles. The summed E-state index contributed by atoms with van der Waals surface area (Å²) in [5.74, 6) is -1.42. The van der Waals surface area contributed by atoms with E-state index in [2.05, 4.69) is 16.0 Å². The van der Waals surface area contributed by atoms with E-state index in [-0.39, 0.29) is 12.2 Å². The minimum absolute atomic E-state index is 0.102. The lowest BCUT2D eigenvalue weighted by Gasteiger charge is -2.22. The molecule has 0 spiro atoms. The molecule has 7 heteroatoms. The van der Waals surface area contributed by atoms with Gasteiger partial charge in [0.2, 0.25) is 0 Å². The molecule has 2 aromatic heterocycles. The van der Waals surface area contributed by atoms with Crippen LogP contribution >= 0.6 is 11.3 Å². The Hall–Kier alpha value is -2.85. The first-order chi connectivity index (χ1) is 12.0. The molecule has 3 aromatic rings. The van der Waals surface area contributed by atoms with Gasteiger partial charge in [0, 0.05) is 16.6 Å². The van der Waals surface area contributed by atoms with E-state index >= 15 is 0 Å². The van der Waals surface area contributed by atoms with E-state index in [4.69, 9.17) is 5.26 Å². The second kappa shape index (κ2) is 6.95. The van der Waals surface area contributed by atoms with Gasteiger partial charge in [-0.3, -0.25) is 4.98 Å². The molecular weight excluding hydrogens is 342 g/mol. The fraction of sp³-hybridized carbons (Fsp3) is 0.167. The number of aromatic nitrogens is 2. The van der Waals surface area contributed by atoms with Crippen molar-refractivity contribution in [2.75, 3.05) is 4.90 Å². The van der Waals surface area contributed by atoms with Crippen LogP contribution in [0.25, 0.3) is 0 Å². The van der Waals surface area contributed by atoms with Crippen molar-refractivity contribution in [3.63, 3.8) is 0 Å². The van der Waals surface area contributed by atoms with Gasteiger partial charge in [0.15, 0.2) is 5.13 Å². The minimum atomic E-state index is -0.716. The van der Waals surface area contributed by atoms with Crippen LogP contribution in [0.2, 0.25) is 0 Å². The summed E-state index contributed by atoms with van der Waals surface area (Å²) in [6, 6.07) is 9.79. The number of rotatable bonds is 4. The van der Waals surface area contributed by atoms with Gasteiger partial charge in [-0.2, -0.15) is 5.26 Å². The van der Waals surface area contributed by atoms with Crippen LogP contribution in [0.5, 0.6) is 0 Å². The van der Waals surface area contributed by atoms with Crippen molar-refractivity contribution < 1.29 is 8.78 Å². The third-order valence-corrected chi connectivity index (χ3v) is 4.84. The molecule has 0 atom stereocenters. The lowest BCUT2D eigenvalue weighted by Crippen LogP contribution is -2.18. The van der Waals surface area contributed by atoms with Crippen LogP contribution in [0.3, 0.4) is 0 Å². The number of hydrogen-bond donors (Lipinski definition) is 0. The summed E-state index contributed by atoms with van der Waals surface area (Å²) in [7, 11) is 0. The Kier molecular flexibility index (Phi) is 4.72. The predicted octanol–water partition coefficient (Wildman–Crippen LogP) is 4.64. The summed E-state index contributed by atoms with van der Waals surface area (Å²) in [6.45, 7) is 3.97. The fourth-order valence-corrected chi connectivity index (χ4v) is 3.20. The van der Waals surface area contributed by atoms with Crippen LogP contribution in [0.15, 0.2) is 36.5 Å². The summed E-state index contributed by atoms with van der Waals surface area (Å²) in [6.07, 6.45) is 0.994. The molecule has 0 bridgehead atoms. The molecule has 3 rings (SSSR count). The lowest BCUT2D eigenvalue weighted by atomic mass is 10.2. The van der Waals surface area contributed by atoms with Crippen molar-refractivity contribution in [1.29, 1.82) is 5.26 Å². The maximum Gasteiger partial charge on any atom is 0.190 e. The summed E-state index contributed by atoms with van der Waals surface area (Å²) in [5.41, 5.74) is 2.29. The quantitative estimate of drug-likeness (QED) is 0.683. The fourth-order valence-electron chi connectivity index (χ4n) is 2.27. The van der Waals surface area contributed by atoms with Gasteiger partial charge in [-0.15, -0.1) is 11.3 Å². The Labute approximate surface area is 148 Å². The molecule has 0 amide bonds. The maximum absolute atomic E-state index is 14.1. The number of thiazole rings is 1. The lowest BCUT2D eigenvalue weighted by molar-refractivity contribution is 0.557. The topological polar surface area (TPSA) is 52.8 Å². The highest BCUT2D eigenvalue weighted by Crippen LogP contribution is 2.33. The van der Waals surface area contributed by atoms with Gasteiger partial charge in [-0.1, -0.05) is 0 Å². The van der Waals surface area contributed by atoms with Gasteiger partial charge < -0.3 is 4.90 Å². The van der Waals surface area contributed by atoms with Crippen LogP contribution < -0.4 is 4.90 Å². The third-order valence-electron chi connectivity index (χ3n) is 3.75. The van der Waals surface area contributed by atoms with E-state index in [1.165, 1.54) is 11.3 Å². The molecule has 126 valence electrons. The largest absolute Gasteiger partial charge is 0.312 e. The number of aryl methyl sites for hydroxylation is 2. The number of nitrogens with zero attached hydrogens (tertiary/aromatic N) is 4. The van der Waals surface area contributed by atoms with Crippen molar-refractivity contribution >= 4 is 22.2 Å². The molecule has 0 aliphatic rings. The SMILES string of the molecule is Cc1nc(N(Cc2ncc(F)cc2F)c2ccc(C#N)cc2)sc1C. The zero-order chi connectivity index (χ0) is 18.0. The highest BCUT2D eigenvalue weighted by atomic mass is 32.1. The molecular formula is C18H14F2N4S. The van der Waals surface area contributed by atoms with Gasteiger partial charge in [0.05, 0.1) is 35.8 Å². The molecule has 25 heavy (non-hydrogen) atoms. The second-order valence-corrected chi connectivity index (χ2v) is 6.65. The summed E-state index contributed by atoms with van der Waals surface area (Å²) in [4.78, 5) is 11.2. The number of hydrogen-bond acceptors (Lipinski definition) is 5. The average Bonchev–Trinajstić information content (AvgIpc) is 2.93.